The number of hydrogen-bond donors (Lipinski definition) is 1. The minimum Gasteiger partial charge on any atom is -0.474 e. The topological polar surface area (TPSA) is 122 Å². The highest BCUT2D eigenvalue weighted by atomic mass is 19.4. The molecule has 17 heteroatoms. The summed E-state index contributed by atoms with van der Waals surface area (Å²) < 4.78 is 91.9. The molecular formula is C43H50F5N7O5. The highest BCUT2D eigenvalue weighted by Gasteiger charge is 2.51. The van der Waals surface area contributed by atoms with E-state index in [1.54, 1.807) is 46.1 Å². The molecule has 8 rings (SSSR count). The molecule has 0 spiro atoms. The molecule has 2 bridgehead atoms. The van der Waals surface area contributed by atoms with Crippen LogP contribution in [0.4, 0.5) is 32.6 Å². The first kappa shape index (κ1) is 41.8. The molecule has 4 aromatic rings. The van der Waals surface area contributed by atoms with Gasteiger partial charge in [0.1, 0.15) is 41.4 Å². The Bertz CT molecular complexity index is 2300. The van der Waals surface area contributed by atoms with Crippen molar-refractivity contribution in [3.05, 3.63) is 47.5 Å². The van der Waals surface area contributed by atoms with E-state index in [2.05, 4.69) is 10.2 Å². The van der Waals surface area contributed by atoms with Gasteiger partial charge in [-0.15, -0.1) is 0 Å². The maximum atomic E-state index is 17.6. The SMILES string of the molecule is CCc1c(F)ccc2cccc(-c3nc(OC(C)C)c4c(N5CC6CC(C(=O)C(F)(F)F)CC(C5)N6)nc(OC[C@]56CCCN5[C@@H](COC(=O)N(C)C)CC6)nc4c3F)c12. The lowest BCUT2D eigenvalue weighted by molar-refractivity contribution is -0.177. The molecule has 4 saturated heterocycles. The third kappa shape index (κ3) is 7.78. The van der Waals surface area contributed by atoms with Crippen molar-refractivity contribution in [2.75, 3.05) is 51.8 Å². The Morgan fingerprint density at radius 1 is 1.02 bits per heavy atom. The number of halogens is 5. The predicted molar refractivity (Wildman–Crippen MR) is 214 cm³/mol. The van der Waals surface area contributed by atoms with E-state index in [-0.39, 0.29) is 79.5 Å². The number of fused-ring (bicyclic) bond motifs is 5. The summed E-state index contributed by atoms with van der Waals surface area (Å²) in [6.07, 6.45) is -2.26. The average molecular weight is 840 g/mol. The van der Waals surface area contributed by atoms with Crippen LogP contribution >= 0.6 is 0 Å². The number of piperazine rings is 1. The monoisotopic (exact) mass is 839 g/mol. The Labute approximate surface area is 344 Å². The molecule has 0 aliphatic carbocycles. The molecule has 4 aliphatic heterocycles. The molecule has 1 N–H and O–H groups in total. The van der Waals surface area contributed by atoms with Crippen molar-refractivity contribution < 1.29 is 45.8 Å². The van der Waals surface area contributed by atoms with Crippen molar-refractivity contribution in [2.24, 2.45) is 5.92 Å². The summed E-state index contributed by atoms with van der Waals surface area (Å²) in [7, 11) is 3.26. The quantitative estimate of drug-likeness (QED) is 0.154. The number of aromatic nitrogens is 3. The first-order valence-corrected chi connectivity index (χ1v) is 20.7. The molecule has 12 nitrogen and oxygen atoms in total. The van der Waals surface area contributed by atoms with Gasteiger partial charge in [0.05, 0.1) is 11.6 Å². The smallest absolute Gasteiger partial charge is 0.450 e. The van der Waals surface area contributed by atoms with Crippen LogP contribution in [0.2, 0.25) is 0 Å². The van der Waals surface area contributed by atoms with Gasteiger partial charge in [0.15, 0.2) is 5.82 Å². The molecule has 322 valence electrons. The fraction of sp³-hybridized carbons (Fsp3) is 0.558. The third-order valence-electron chi connectivity index (χ3n) is 12.5. The highest BCUT2D eigenvalue weighted by Crippen LogP contribution is 2.45. The van der Waals surface area contributed by atoms with Gasteiger partial charge in [0.25, 0.3) is 0 Å². The standard InChI is InChI=1S/C43H50F5N7O5/c1-6-29-31(44)12-11-24-9-7-10-30(32(24)29)35-34(45)36-33(39(50-35)60-23(2)3)38(54-19-26-17-25(18-27(20-54)49-26)37(56)43(46,47)48)52-40(51-36)59-22-42-14-8-16-55(42)28(13-15-42)21-58-41(57)53(4)5/h7,9-12,23,25-28,49H,6,8,13-22H2,1-5H3/t25?,26?,27?,28-,42-/m1/s1. The number of anilines is 1. The van der Waals surface area contributed by atoms with Gasteiger partial charge < -0.3 is 29.3 Å². The maximum absolute atomic E-state index is 17.6. The number of ether oxygens (including phenoxy) is 3. The van der Waals surface area contributed by atoms with Crippen LogP contribution in [0.3, 0.4) is 0 Å². The van der Waals surface area contributed by atoms with E-state index >= 15 is 8.78 Å². The van der Waals surface area contributed by atoms with Crippen molar-refractivity contribution in [3.63, 3.8) is 0 Å². The number of alkyl halides is 3. The van der Waals surface area contributed by atoms with E-state index < -0.39 is 59.3 Å². The predicted octanol–water partition coefficient (Wildman–Crippen LogP) is 7.24. The Hall–Kier alpha value is -4.90. The number of ketones is 1. The maximum Gasteiger partial charge on any atom is 0.450 e. The molecule has 0 radical (unpaired) electrons. The van der Waals surface area contributed by atoms with E-state index in [4.69, 9.17) is 29.2 Å². The molecule has 1 amide bonds. The second-order valence-electron chi connectivity index (χ2n) is 17.1. The fourth-order valence-electron chi connectivity index (χ4n) is 9.87. The number of nitrogens with zero attached hydrogens (tertiary/aromatic N) is 6. The van der Waals surface area contributed by atoms with Gasteiger partial charge in [0, 0.05) is 56.8 Å². The van der Waals surface area contributed by atoms with Crippen LogP contribution in [0.25, 0.3) is 32.9 Å². The molecule has 2 unspecified atom stereocenters. The number of Topliss-reactive ketones (excluding diaryl/α,β-unsaturated/α-hetero) is 1. The number of pyridine rings is 1. The molecule has 6 heterocycles. The van der Waals surface area contributed by atoms with Gasteiger partial charge in [-0.3, -0.25) is 9.69 Å². The van der Waals surface area contributed by atoms with Gasteiger partial charge >= 0.3 is 18.3 Å². The molecule has 4 fully saturated rings. The summed E-state index contributed by atoms with van der Waals surface area (Å²) in [6.45, 7) is 6.91. The van der Waals surface area contributed by atoms with Crippen molar-refractivity contribution in [2.45, 2.75) is 102 Å². The van der Waals surface area contributed by atoms with Crippen LogP contribution in [0, 0.1) is 17.6 Å². The number of hydrogen-bond acceptors (Lipinski definition) is 11. The first-order valence-electron chi connectivity index (χ1n) is 20.7. The summed E-state index contributed by atoms with van der Waals surface area (Å²) in [4.78, 5) is 44.6. The van der Waals surface area contributed by atoms with E-state index in [0.29, 0.717) is 28.3 Å². The van der Waals surface area contributed by atoms with Gasteiger partial charge in [0.2, 0.25) is 11.7 Å². The van der Waals surface area contributed by atoms with Crippen LogP contribution in [-0.2, 0) is 16.0 Å². The average Bonchev–Trinajstić information content (AvgIpc) is 3.78. The zero-order valence-corrected chi connectivity index (χ0v) is 34.4. The van der Waals surface area contributed by atoms with Crippen molar-refractivity contribution in [1.29, 1.82) is 0 Å². The molecule has 60 heavy (non-hydrogen) atoms. The lowest BCUT2D eigenvalue weighted by atomic mass is 9.82. The molecule has 4 aliphatic rings. The summed E-state index contributed by atoms with van der Waals surface area (Å²) in [5, 5.41) is 4.73. The summed E-state index contributed by atoms with van der Waals surface area (Å²) in [5.74, 6) is -3.87. The number of nitrogens with one attached hydrogen (secondary N) is 1. The fourth-order valence-corrected chi connectivity index (χ4v) is 9.87. The normalized spacial score (nSPS) is 24.3. The zero-order chi connectivity index (χ0) is 42.7. The lowest BCUT2D eigenvalue weighted by Crippen LogP contribution is -2.62. The van der Waals surface area contributed by atoms with Crippen LogP contribution in [-0.4, -0.2) is 120 Å². The van der Waals surface area contributed by atoms with Crippen molar-refractivity contribution in [3.8, 4) is 23.1 Å². The Morgan fingerprint density at radius 2 is 1.77 bits per heavy atom. The molecular weight excluding hydrogens is 790 g/mol. The van der Waals surface area contributed by atoms with Crippen molar-refractivity contribution in [1.82, 2.24) is 30.1 Å². The Kier molecular flexibility index (Phi) is 11.3. The van der Waals surface area contributed by atoms with Gasteiger partial charge in [-0.2, -0.15) is 23.1 Å². The van der Waals surface area contributed by atoms with Gasteiger partial charge in [-0.25, -0.2) is 18.6 Å². The molecule has 2 aromatic heterocycles. The number of carbonyl (C=O) groups is 2. The number of amides is 1. The Balaban J connectivity index is 1.23. The number of rotatable bonds is 11. The second-order valence-corrected chi connectivity index (χ2v) is 17.1. The summed E-state index contributed by atoms with van der Waals surface area (Å²) >= 11 is 0. The van der Waals surface area contributed by atoms with Gasteiger partial charge in [-0.1, -0.05) is 31.2 Å². The minimum absolute atomic E-state index is 0.0123. The molecule has 4 atom stereocenters. The van der Waals surface area contributed by atoms with Crippen LogP contribution in [0.5, 0.6) is 11.9 Å². The largest absolute Gasteiger partial charge is 0.474 e. The van der Waals surface area contributed by atoms with E-state index in [0.717, 1.165) is 32.2 Å². The molecule has 2 aromatic carbocycles. The summed E-state index contributed by atoms with van der Waals surface area (Å²) in [5.41, 5.74) is 0.110. The van der Waals surface area contributed by atoms with Crippen molar-refractivity contribution >= 4 is 39.4 Å². The van der Waals surface area contributed by atoms with Crippen LogP contribution in [0.1, 0.15) is 64.9 Å². The van der Waals surface area contributed by atoms with Gasteiger partial charge in [-0.05, 0) is 87.7 Å². The lowest BCUT2D eigenvalue weighted by Gasteiger charge is -2.45. The minimum atomic E-state index is -4.94. The Morgan fingerprint density at radius 3 is 2.45 bits per heavy atom. The van der Waals surface area contributed by atoms with Crippen LogP contribution < -0.4 is 19.7 Å². The zero-order valence-electron chi connectivity index (χ0n) is 34.4. The first-order chi connectivity index (χ1) is 28.6. The van der Waals surface area contributed by atoms with E-state index in [1.807, 2.05) is 17.9 Å². The van der Waals surface area contributed by atoms with E-state index in [9.17, 15) is 22.8 Å². The highest BCUT2D eigenvalue weighted by molar-refractivity contribution is 6.02. The number of carbonyl (C=O) groups excluding carboxylic acids is 2. The number of aryl methyl sites for hydroxylation is 1. The van der Waals surface area contributed by atoms with Crippen LogP contribution in [0.15, 0.2) is 30.3 Å². The number of piperidine rings is 1. The number of benzene rings is 2. The molecule has 0 saturated carbocycles. The van der Waals surface area contributed by atoms with E-state index in [1.165, 1.54) is 11.0 Å². The third-order valence-corrected chi connectivity index (χ3v) is 12.5. The second kappa shape index (κ2) is 16.2. The summed E-state index contributed by atoms with van der Waals surface area (Å²) in [6, 6.07) is 7.17.